The fourth-order valence-electron chi connectivity index (χ4n) is 3.56. The fraction of sp³-hybridized carbons (Fsp3) is 0.273. The summed E-state index contributed by atoms with van der Waals surface area (Å²) in [5, 5.41) is 0.840. The van der Waals surface area contributed by atoms with Gasteiger partial charge < -0.3 is 14.4 Å². The van der Waals surface area contributed by atoms with Crippen molar-refractivity contribution < 1.29 is 14.3 Å². The molecule has 5 nitrogen and oxygen atoms in total. The van der Waals surface area contributed by atoms with Crippen LogP contribution in [-0.4, -0.2) is 31.2 Å². The van der Waals surface area contributed by atoms with Crippen molar-refractivity contribution in [3.8, 4) is 11.5 Å². The van der Waals surface area contributed by atoms with Crippen molar-refractivity contribution >= 4 is 22.5 Å². The van der Waals surface area contributed by atoms with E-state index in [0.29, 0.717) is 5.75 Å². The van der Waals surface area contributed by atoms with Crippen LogP contribution in [0.4, 0.5) is 5.69 Å². The van der Waals surface area contributed by atoms with E-state index in [1.54, 1.807) is 7.11 Å². The number of ether oxygens (including phenoxy) is 2. The van der Waals surface area contributed by atoms with Crippen molar-refractivity contribution in [1.29, 1.82) is 0 Å². The summed E-state index contributed by atoms with van der Waals surface area (Å²) in [5.74, 6) is 1.34. The highest BCUT2D eigenvalue weighted by molar-refractivity contribution is 5.96. The Hall–Kier alpha value is -3.08. The van der Waals surface area contributed by atoms with Crippen molar-refractivity contribution in [2.24, 2.45) is 0 Å². The third kappa shape index (κ3) is 3.45. The number of hydrogen-bond donors (Lipinski definition) is 0. The summed E-state index contributed by atoms with van der Waals surface area (Å²) < 4.78 is 11.3. The molecule has 0 saturated heterocycles. The molecule has 0 atom stereocenters. The molecule has 0 saturated carbocycles. The van der Waals surface area contributed by atoms with Crippen molar-refractivity contribution in [3.63, 3.8) is 0 Å². The molecule has 5 heteroatoms. The zero-order chi connectivity index (χ0) is 18.8. The molecule has 4 rings (SSSR count). The molecule has 138 valence electrons. The van der Waals surface area contributed by atoms with Crippen molar-refractivity contribution in [2.45, 2.75) is 19.8 Å². The molecule has 0 spiro atoms. The highest BCUT2D eigenvalue weighted by Crippen LogP contribution is 2.30. The first kappa shape index (κ1) is 17.3. The standard InChI is InChI=1S/C22H22N2O3/c1-15-12-21(18-13-17(26-2)9-10-19(18)23-15)27-14-22(25)24-11-5-7-16-6-3-4-8-20(16)24/h3-4,6,8-10,12-13H,5,7,11,14H2,1-2H3. The van der Waals surface area contributed by atoms with Gasteiger partial charge in [0.25, 0.3) is 5.91 Å². The van der Waals surface area contributed by atoms with Crippen molar-refractivity contribution in [2.75, 3.05) is 25.2 Å². The number of pyridine rings is 1. The first-order chi connectivity index (χ1) is 13.2. The maximum absolute atomic E-state index is 12.8. The van der Waals surface area contributed by atoms with E-state index in [1.165, 1.54) is 5.56 Å². The minimum Gasteiger partial charge on any atom is -0.497 e. The van der Waals surface area contributed by atoms with E-state index in [2.05, 4.69) is 11.1 Å². The molecule has 0 N–H and O–H groups in total. The average molecular weight is 362 g/mol. The normalized spacial score (nSPS) is 13.3. The molecule has 0 fully saturated rings. The Morgan fingerprint density at radius 3 is 2.89 bits per heavy atom. The number of fused-ring (bicyclic) bond motifs is 2. The number of nitrogens with zero attached hydrogens (tertiary/aromatic N) is 2. The lowest BCUT2D eigenvalue weighted by molar-refractivity contribution is -0.120. The third-order valence-corrected chi connectivity index (χ3v) is 4.87. The van der Waals surface area contributed by atoms with Gasteiger partial charge in [0.05, 0.1) is 12.6 Å². The maximum atomic E-state index is 12.8. The molecular formula is C22H22N2O3. The number of aryl methyl sites for hydroxylation is 2. The summed E-state index contributed by atoms with van der Waals surface area (Å²) in [4.78, 5) is 19.2. The quantitative estimate of drug-likeness (QED) is 0.706. The minimum atomic E-state index is -0.0346. The van der Waals surface area contributed by atoms with Gasteiger partial charge in [0.2, 0.25) is 0 Å². The number of carbonyl (C=O) groups is 1. The molecule has 2 heterocycles. The highest BCUT2D eigenvalue weighted by atomic mass is 16.5. The van der Waals surface area contributed by atoms with Crippen LogP contribution in [0, 0.1) is 6.92 Å². The number of rotatable bonds is 4. The summed E-state index contributed by atoms with van der Waals surface area (Å²) in [5.41, 5.74) is 3.88. The van der Waals surface area contributed by atoms with E-state index in [1.807, 2.05) is 54.3 Å². The van der Waals surface area contributed by atoms with Crippen LogP contribution in [0.1, 0.15) is 17.7 Å². The molecule has 1 amide bonds. The molecular weight excluding hydrogens is 340 g/mol. The second kappa shape index (κ2) is 7.27. The Balaban J connectivity index is 1.58. The summed E-state index contributed by atoms with van der Waals surface area (Å²) in [6.45, 7) is 2.63. The lowest BCUT2D eigenvalue weighted by Gasteiger charge is -2.29. The second-order valence-electron chi connectivity index (χ2n) is 6.71. The first-order valence-corrected chi connectivity index (χ1v) is 9.12. The number of carbonyl (C=O) groups excluding carboxylic acids is 1. The Labute approximate surface area is 158 Å². The van der Waals surface area contributed by atoms with Gasteiger partial charge >= 0.3 is 0 Å². The SMILES string of the molecule is COc1ccc2nc(C)cc(OCC(=O)N3CCCc4ccccc43)c2c1. The van der Waals surface area contributed by atoms with Gasteiger partial charge in [0, 0.05) is 29.4 Å². The predicted octanol–water partition coefficient (Wildman–Crippen LogP) is 3.91. The lowest BCUT2D eigenvalue weighted by atomic mass is 10.0. The maximum Gasteiger partial charge on any atom is 0.264 e. The van der Waals surface area contributed by atoms with E-state index < -0.39 is 0 Å². The topological polar surface area (TPSA) is 51.7 Å². The van der Waals surface area contributed by atoms with Crippen molar-refractivity contribution in [3.05, 3.63) is 59.8 Å². The molecule has 1 aliphatic heterocycles. The summed E-state index contributed by atoms with van der Waals surface area (Å²) in [6, 6.07) is 15.6. The Morgan fingerprint density at radius 2 is 2.04 bits per heavy atom. The van der Waals surface area contributed by atoms with Gasteiger partial charge in [-0.1, -0.05) is 18.2 Å². The number of hydrogen-bond acceptors (Lipinski definition) is 4. The van der Waals surface area contributed by atoms with E-state index in [-0.39, 0.29) is 12.5 Å². The Morgan fingerprint density at radius 1 is 1.19 bits per heavy atom. The van der Waals surface area contributed by atoms with Gasteiger partial charge in [-0.3, -0.25) is 9.78 Å². The molecule has 3 aromatic rings. The number of aromatic nitrogens is 1. The zero-order valence-corrected chi connectivity index (χ0v) is 15.6. The predicted molar refractivity (Wildman–Crippen MR) is 106 cm³/mol. The van der Waals surface area contributed by atoms with Gasteiger partial charge in [-0.2, -0.15) is 0 Å². The van der Waals surface area contributed by atoms with Crippen LogP contribution < -0.4 is 14.4 Å². The van der Waals surface area contributed by atoms with Gasteiger partial charge in [0.15, 0.2) is 6.61 Å². The Bertz CT molecular complexity index is 1000. The van der Waals surface area contributed by atoms with Crippen LogP contribution >= 0.6 is 0 Å². The Kier molecular flexibility index (Phi) is 4.67. The molecule has 1 aliphatic rings. The largest absolute Gasteiger partial charge is 0.497 e. The summed E-state index contributed by atoms with van der Waals surface area (Å²) >= 11 is 0. The van der Waals surface area contributed by atoms with Gasteiger partial charge in [0.1, 0.15) is 11.5 Å². The third-order valence-electron chi connectivity index (χ3n) is 4.87. The number of amides is 1. The van der Waals surface area contributed by atoms with Gasteiger partial charge in [-0.15, -0.1) is 0 Å². The van der Waals surface area contributed by atoms with Crippen molar-refractivity contribution in [1.82, 2.24) is 4.98 Å². The van der Waals surface area contributed by atoms with Crippen LogP contribution in [0.25, 0.3) is 10.9 Å². The minimum absolute atomic E-state index is 0.00982. The molecule has 27 heavy (non-hydrogen) atoms. The van der Waals surface area contributed by atoms with Crippen LogP contribution in [0.5, 0.6) is 11.5 Å². The van der Waals surface area contributed by atoms with Crippen LogP contribution in [0.2, 0.25) is 0 Å². The van der Waals surface area contributed by atoms with E-state index in [9.17, 15) is 4.79 Å². The molecule has 0 bridgehead atoms. The molecule has 0 radical (unpaired) electrons. The highest BCUT2D eigenvalue weighted by Gasteiger charge is 2.22. The summed E-state index contributed by atoms with van der Waals surface area (Å²) in [6.07, 6.45) is 1.98. The number of anilines is 1. The van der Waals surface area contributed by atoms with Gasteiger partial charge in [-0.05, 0) is 49.6 Å². The summed E-state index contributed by atoms with van der Waals surface area (Å²) in [7, 11) is 1.63. The fourth-order valence-corrected chi connectivity index (χ4v) is 3.56. The zero-order valence-electron chi connectivity index (χ0n) is 15.6. The van der Waals surface area contributed by atoms with E-state index >= 15 is 0 Å². The number of methoxy groups -OCH3 is 1. The van der Waals surface area contributed by atoms with Crippen LogP contribution in [0.3, 0.4) is 0 Å². The van der Waals surface area contributed by atoms with E-state index in [0.717, 1.165) is 47.4 Å². The number of para-hydroxylation sites is 1. The second-order valence-corrected chi connectivity index (χ2v) is 6.71. The first-order valence-electron chi connectivity index (χ1n) is 9.12. The molecule has 0 unspecified atom stereocenters. The molecule has 0 aliphatic carbocycles. The smallest absolute Gasteiger partial charge is 0.264 e. The van der Waals surface area contributed by atoms with Crippen LogP contribution in [-0.2, 0) is 11.2 Å². The van der Waals surface area contributed by atoms with Gasteiger partial charge in [-0.25, -0.2) is 0 Å². The molecule has 2 aromatic carbocycles. The monoisotopic (exact) mass is 362 g/mol. The lowest BCUT2D eigenvalue weighted by Crippen LogP contribution is -2.38. The molecule has 1 aromatic heterocycles. The van der Waals surface area contributed by atoms with E-state index in [4.69, 9.17) is 9.47 Å². The number of benzene rings is 2. The average Bonchev–Trinajstić information content (AvgIpc) is 2.71. The van der Waals surface area contributed by atoms with Crippen LogP contribution in [0.15, 0.2) is 48.5 Å².